The SMILES string of the molecule is CCC(OC(C)=O)C(C(=O)Nc1ccccc1)C(C(=O)ON)C(C(=O)ON)C(C(=O)ON)C1C(=O)OC(=O)C1C. The maximum absolute atomic E-state index is 13.7. The number of carbonyl (C=O) groups excluding carboxylic acids is 7. The van der Waals surface area contributed by atoms with E-state index in [0.717, 1.165) is 6.92 Å². The fourth-order valence-corrected chi connectivity index (χ4v) is 4.79. The highest BCUT2D eigenvalue weighted by Crippen LogP contribution is 2.42. The van der Waals surface area contributed by atoms with Crippen molar-refractivity contribution in [3.63, 3.8) is 0 Å². The van der Waals surface area contributed by atoms with Gasteiger partial charge < -0.3 is 29.3 Å². The molecule has 7 unspecified atom stereocenters. The summed E-state index contributed by atoms with van der Waals surface area (Å²) >= 11 is 0. The molecule has 0 aliphatic carbocycles. The van der Waals surface area contributed by atoms with Crippen LogP contribution in [0.25, 0.3) is 0 Å². The molecular formula is C24H30N4O12. The minimum absolute atomic E-state index is 0.0996. The average Bonchev–Trinajstić information content (AvgIpc) is 3.18. The van der Waals surface area contributed by atoms with Gasteiger partial charge in [0.05, 0.1) is 35.5 Å². The predicted octanol–water partition coefficient (Wildman–Crippen LogP) is -0.982. The zero-order valence-corrected chi connectivity index (χ0v) is 21.8. The van der Waals surface area contributed by atoms with Gasteiger partial charge in [0.25, 0.3) is 0 Å². The van der Waals surface area contributed by atoms with Crippen molar-refractivity contribution in [1.29, 1.82) is 0 Å². The zero-order valence-electron chi connectivity index (χ0n) is 21.8. The van der Waals surface area contributed by atoms with Gasteiger partial charge in [0.15, 0.2) is 0 Å². The van der Waals surface area contributed by atoms with Crippen LogP contribution in [0.3, 0.4) is 0 Å². The van der Waals surface area contributed by atoms with Crippen LogP contribution >= 0.6 is 0 Å². The van der Waals surface area contributed by atoms with Crippen molar-refractivity contribution in [2.24, 2.45) is 53.2 Å². The average molecular weight is 567 g/mol. The quantitative estimate of drug-likeness (QED) is 0.135. The molecule has 1 aliphatic rings. The Morgan fingerprint density at radius 3 is 1.88 bits per heavy atom. The number of amides is 1. The van der Waals surface area contributed by atoms with E-state index in [1.807, 2.05) is 0 Å². The molecule has 7 N–H and O–H groups in total. The molecule has 1 fully saturated rings. The van der Waals surface area contributed by atoms with E-state index in [1.54, 1.807) is 18.2 Å². The summed E-state index contributed by atoms with van der Waals surface area (Å²) in [5.41, 5.74) is 0.240. The van der Waals surface area contributed by atoms with Crippen molar-refractivity contribution in [2.45, 2.75) is 33.3 Å². The second-order valence-electron chi connectivity index (χ2n) is 8.88. The molecule has 1 aromatic rings. The third kappa shape index (κ3) is 6.96. The number of nitrogens with one attached hydrogen (secondary N) is 1. The van der Waals surface area contributed by atoms with E-state index in [-0.39, 0.29) is 12.1 Å². The number of para-hydroxylation sites is 1. The molecule has 16 nitrogen and oxygen atoms in total. The van der Waals surface area contributed by atoms with Crippen molar-refractivity contribution in [3.05, 3.63) is 30.3 Å². The highest BCUT2D eigenvalue weighted by atomic mass is 16.7. The summed E-state index contributed by atoms with van der Waals surface area (Å²) in [6.07, 6.45) is -1.53. The lowest BCUT2D eigenvalue weighted by molar-refractivity contribution is -0.181. The molecule has 218 valence electrons. The molecule has 0 saturated carbocycles. The van der Waals surface area contributed by atoms with Gasteiger partial charge in [-0.05, 0) is 18.6 Å². The maximum Gasteiger partial charge on any atom is 0.329 e. The van der Waals surface area contributed by atoms with Crippen molar-refractivity contribution < 1.29 is 57.5 Å². The van der Waals surface area contributed by atoms with Gasteiger partial charge in [-0.15, -0.1) is 0 Å². The highest BCUT2D eigenvalue weighted by molar-refractivity contribution is 6.01. The molecule has 16 heteroatoms. The standard InChI is InChI=1S/C24H30N4O12/c1-4-13(36-11(3)29)15(19(30)28-12-8-6-5-7-9-12)17(23(34)39-26)18(24(35)40-27)16(22(33)38-25)14-10(2)20(31)37-21(14)32/h5-10,13-18H,4,25-27H2,1-3H3,(H,28,30). The molecule has 1 aliphatic heterocycles. The number of carbonyl (C=O) groups is 7. The highest BCUT2D eigenvalue weighted by Gasteiger charge is 2.60. The first kappa shape index (κ1) is 31.8. The topological polar surface area (TPSA) is 256 Å². The minimum atomic E-state index is -2.20. The first-order chi connectivity index (χ1) is 18.9. The van der Waals surface area contributed by atoms with Gasteiger partial charge in [-0.2, -0.15) is 17.7 Å². The van der Waals surface area contributed by atoms with E-state index < -0.39 is 83.3 Å². The van der Waals surface area contributed by atoms with Crippen molar-refractivity contribution in [3.8, 4) is 0 Å². The van der Waals surface area contributed by atoms with Gasteiger partial charge in [0.2, 0.25) is 5.91 Å². The third-order valence-electron chi connectivity index (χ3n) is 6.56. The summed E-state index contributed by atoms with van der Waals surface area (Å²) in [4.78, 5) is 103. The summed E-state index contributed by atoms with van der Waals surface area (Å²) in [6.45, 7) is 3.74. The maximum atomic E-state index is 13.7. The number of benzene rings is 1. The van der Waals surface area contributed by atoms with Crippen LogP contribution in [0.2, 0.25) is 0 Å². The van der Waals surface area contributed by atoms with Crippen molar-refractivity contribution >= 4 is 47.4 Å². The van der Waals surface area contributed by atoms with E-state index in [4.69, 9.17) is 22.4 Å². The monoisotopic (exact) mass is 566 g/mol. The minimum Gasteiger partial charge on any atom is -0.462 e. The van der Waals surface area contributed by atoms with E-state index >= 15 is 0 Å². The molecule has 1 saturated heterocycles. The Morgan fingerprint density at radius 2 is 1.43 bits per heavy atom. The number of anilines is 1. The smallest absolute Gasteiger partial charge is 0.329 e. The molecule has 7 atom stereocenters. The summed E-state index contributed by atoms with van der Waals surface area (Å²) < 4.78 is 9.89. The molecule has 0 radical (unpaired) electrons. The van der Waals surface area contributed by atoms with Gasteiger partial charge in [0, 0.05) is 12.6 Å². The van der Waals surface area contributed by atoms with E-state index in [2.05, 4.69) is 24.6 Å². The summed E-state index contributed by atoms with van der Waals surface area (Å²) in [5.74, 6) is -4.50. The molecule has 0 aromatic heterocycles. The Balaban J connectivity index is 2.83. The lowest BCUT2D eigenvalue weighted by Crippen LogP contribution is -2.54. The van der Waals surface area contributed by atoms with Crippen LogP contribution in [0.1, 0.15) is 27.2 Å². The number of rotatable bonds is 12. The van der Waals surface area contributed by atoms with Crippen molar-refractivity contribution in [2.75, 3.05) is 5.32 Å². The lowest BCUT2D eigenvalue weighted by Gasteiger charge is -2.36. The second-order valence-corrected chi connectivity index (χ2v) is 8.88. The van der Waals surface area contributed by atoms with Gasteiger partial charge in [-0.25, -0.2) is 0 Å². The molecule has 1 heterocycles. The van der Waals surface area contributed by atoms with E-state index in [0.29, 0.717) is 0 Å². The molecule has 0 bridgehead atoms. The normalized spacial score (nSPS) is 20.1. The summed E-state index contributed by atoms with van der Waals surface area (Å²) in [5, 5.41) is 2.53. The van der Waals surface area contributed by atoms with Crippen LogP contribution in [0.4, 0.5) is 5.69 Å². The van der Waals surface area contributed by atoms with Crippen LogP contribution in [-0.2, 0) is 57.5 Å². The third-order valence-corrected chi connectivity index (χ3v) is 6.56. The Bertz CT molecular complexity index is 1140. The molecule has 2 rings (SSSR count). The number of cyclic esters (lactones) is 2. The Hall–Kier alpha value is -4.41. The zero-order chi connectivity index (χ0) is 30.1. The Morgan fingerprint density at radius 1 is 0.875 bits per heavy atom. The summed E-state index contributed by atoms with van der Waals surface area (Å²) in [6, 6.07) is 7.84. The number of ether oxygens (including phenoxy) is 2. The number of esters is 3. The van der Waals surface area contributed by atoms with Gasteiger partial charge in [0.1, 0.15) is 6.10 Å². The number of nitrogens with two attached hydrogens (primary N) is 3. The lowest BCUT2D eigenvalue weighted by atomic mass is 9.66. The Labute approximate surface area is 227 Å². The number of hydrogen-bond donors (Lipinski definition) is 4. The molecular weight excluding hydrogens is 536 g/mol. The van der Waals surface area contributed by atoms with E-state index in [9.17, 15) is 33.6 Å². The largest absolute Gasteiger partial charge is 0.462 e. The Kier molecular flexibility index (Phi) is 11.2. The fraction of sp³-hybridized carbons (Fsp3) is 0.458. The van der Waals surface area contributed by atoms with Gasteiger partial charge in [-0.1, -0.05) is 32.0 Å². The first-order valence-corrected chi connectivity index (χ1v) is 11.9. The van der Waals surface area contributed by atoms with Gasteiger partial charge >= 0.3 is 35.8 Å². The van der Waals surface area contributed by atoms with E-state index in [1.165, 1.54) is 26.0 Å². The van der Waals surface area contributed by atoms with Crippen LogP contribution < -0.4 is 23.0 Å². The molecule has 1 amide bonds. The fourth-order valence-electron chi connectivity index (χ4n) is 4.79. The molecule has 1 aromatic carbocycles. The van der Waals surface area contributed by atoms with Crippen LogP contribution in [0.5, 0.6) is 0 Å². The second kappa shape index (κ2) is 14.1. The number of hydrogen-bond acceptors (Lipinski definition) is 15. The van der Waals surface area contributed by atoms with Crippen molar-refractivity contribution in [1.82, 2.24) is 0 Å². The molecule has 0 spiro atoms. The predicted molar refractivity (Wildman–Crippen MR) is 129 cm³/mol. The molecule has 40 heavy (non-hydrogen) atoms. The first-order valence-electron chi connectivity index (χ1n) is 11.9. The van der Waals surface area contributed by atoms with Crippen LogP contribution in [0, 0.1) is 35.5 Å². The van der Waals surface area contributed by atoms with Gasteiger partial charge in [-0.3, -0.25) is 33.6 Å². The van der Waals surface area contributed by atoms with Crippen LogP contribution in [-0.4, -0.2) is 47.8 Å². The summed E-state index contributed by atoms with van der Waals surface area (Å²) in [7, 11) is 0. The van der Waals surface area contributed by atoms with Crippen LogP contribution in [0.15, 0.2) is 30.3 Å².